The predicted molar refractivity (Wildman–Crippen MR) is 94.1 cm³/mol. The molecule has 1 heterocycles. The smallest absolute Gasteiger partial charge is 0.252 e. The van der Waals surface area contributed by atoms with E-state index in [4.69, 9.17) is 32.5 Å². The zero-order valence-electron chi connectivity index (χ0n) is 13.4. The summed E-state index contributed by atoms with van der Waals surface area (Å²) in [6.07, 6.45) is 0.719. The second-order valence-corrected chi connectivity index (χ2v) is 5.44. The first-order chi connectivity index (χ1) is 11.6. The lowest BCUT2D eigenvalue weighted by Gasteiger charge is -2.17. The summed E-state index contributed by atoms with van der Waals surface area (Å²) in [6.45, 7) is 1.10. The molecule has 2 rings (SSSR count). The molecule has 0 saturated heterocycles. The summed E-state index contributed by atoms with van der Waals surface area (Å²) in [7, 11) is 1.56. The van der Waals surface area contributed by atoms with E-state index in [0.717, 1.165) is 6.42 Å². The molecular weight excluding hydrogens is 330 g/mol. The van der Waals surface area contributed by atoms with Crippen molar-refractivity contribution in [3.8, 4) is 22.8 Å². The van der Waals surface area contributed by atoms with Gasteiger partial charge in [-0.25, -0.2) is 0 Å². The van der Waals surface area contributed by atoms with Gasteiger partial charge in [0.1, 0.15) is 18.1 Å². The Kier molecular flexibility index (Phi) is 6.53. The number of H-pyrrole nitrogens is 1. The molecule has 0 unspecified atom stereocenters. The minimum absolute atomic E-state index is 0.120. The molecule has 0 atom stereocenters. The van der Waals surface area contributed by atoms with Gasteiger partial charge in [-0.3, -0.25) is 9.78 Å². The Morgan fingerprint density at radius 2 is 2.17 bits per heavy atom. The van der Waals surface area contributed by atoms with Crippen molar-refractivity contribution in [2.24, 2.45) is 5.73 Å². The fraction of sp³-hybridized carbons (Fsp3) is 0.375. The lowest BCUT2D eigenvalue weighted by molar-refractivity contribution is 0.201. The van der Waals surface area contributed by atoms with Gasteiger partial charge in [0, 0.05) is 24.2 Å². The molecule has 0 fully saturated rings. The molecule has 2 aromatic rings. The van der Waals surface area contributed by atoms with Crippen LogP contribution in [0.15, 0.2) is 29.1 Å². The molecule has 0 amide bonds. The van der Waals surface area contributed by atoms with E-state index < -0.39 is 0 Å². The van der Waals surface area contributed by atoms with E-state index >= 15 is 0 Å². The Morgan fingerprint density at radius 1 is 1.38 bits per heavy atom. The van der Waals surface area contributed by atoms with E-state index in [1.807, 2.05) is 4.57 Å². The highest BCUT2D eigenvalue weighted by Crippen LogP contribution is 2.33. The van der Waals surface area contributed by atoms with E-state index in [-0.39, 0.29) is 18.8 Å². The molecule has 7 nitrogen and oxygen atoms in total. The van der Waals surface area contributed by atoms with Crippen LogP contribution in [0.2, 0.25) is 0 Å². The number of hydrogen-bond acceptors (Lipinski definition) is 6. The molecule has 24 heavy (non-hydrogen) atoms. The molecule has 0 bridgehead atoms. The molecule has 130 valence electrons. The molecule has 0 spiro atoms. The topological polar surface area (TPSA) is 103 Å². The SMILES string of the molecule is COc1ccc(-c2cc(=O)[nH]c(=S)n2CCCN)c(OCCO)c1. The van der Waals surface area contributed by atoms with Crippen LogP contribution in [0.25, 0.3) is 11.3 Å². The van der Waals surface area contributed by atoms with E-state index in [9.17, 15) is 4.79 Å². The molecule has 1 aromatic heterocycles. The van der Waals surface area contributed by atoms with Crippen molar-refractivity contribution < 1.29 is 14.6 Å². The van der Waals surface area contributed by atoms with E-state index in [2.05, 4.69) is 4.98 Å². The van der Waals surface area contributed by atoms with Crippen LogP contribution < -0.4 is 20.8 Å². The third-order valence-corrected chi connectivity index (χ3v) is 3.76. The number of nitrogens with two attached hydrogens (primary N) is 1. The van der Waals surface area contributed by atoms with Gasteiger partial charge < -0.3 is 24.9 Å². The maximum atomic E-state index is 11.9. The third kappa shape index (κ3) is 4.22. The fourth-order valence-electron chi connectivity index (χ4n) is 2.33. The number of ether oxygens (including phenoxy) is 2. The number of hydrogen-bond donors (Lipinski definition) is 3. The number of rotatable bonds is 8. The van der Waals surface area contributed by atoms with Crippen molar-refractivity contribution in [1.82, 2.24) is 9.55 Å². The van der Waals surface area contributed by atoms with Gasteiger partial charge in [0.25, 0.3) is 5.56 Å². The summed E-state index contributed by atoms with van der Waals surface area (Å²) >= 11 is 5.28. The molecule has 0 aliphatic rings. The van der Waals surface area contributed by atoms with Crippen molar-refractivity contribution >= 4 is 12.2 Å². The van der Waals surface area contributed by atoms with Crippen molar-refractivity contribution in [3.63, 3.8) is 0 Å². The lowest BCUT2D eigenvalue weighted by Crippen LogP contribution is -2.17. The summed E-state index contributed by atoms with van der Waals surface area (Å²) in [6, 6.07) is 6.76. The standard InChI is InChI=1S/C16H21N3O4S/c1-22-11-3-4-12(14(9-11)23-8-7-20)13-10-15(21)18-16(24)19(13)6-2-5-17/h3-4,9-10,20H,2,5-8,17H2,1H3,(H,18,21,24). The second kappa shape index (κ2) is 8.62. The largest absolute Gasteiger partial charge is 0.497 e. The Morgan fingerprint density at radius 3 is 2.83 bits per heavy atom. The quantitative estimate of drug-likeness (QED) is 0.620. The Labute approximate surface area is 144 Å². The van der Waals surface area contributed by atoms with Crippen LogP contribution in [0.1, 0.15) is 6.42 Å². The van der Waals surface area contributed by atoms with Gasteiger partial charge in [0.2, 0.25) is 0 Å². The van der Waals surface area contributed by atoms with Crippen molar-refractivity contribution in [2.45, 2.75) is 13.0 Å². The summed E-state index contributed by atoms with van der Waals surface area (Å²) < 4.78 is 13.0. The summed E-state index contributed by atoms with van der Waals surface area (Å²) in [5, 5.41) is 9.03. The maximum absolute atomic E-state index is 11.9. The number of aromatic amines is 1. The highest BCUT2D eigenvalue weighted by Gasteiger charge is 2.13. The van der Waals surface area contributed by atoms with E-state index in [0.29, 0.717) is 40.6 Å². The molecular formula is C16H21N3O4S. The van der Waals surface area contributed by atoms with Gasteiger partial charge in [-0.05, 0) is 37.3 Å². The zero-order chi connectivity index (χ0) is 17.5. The maximum Gasteiger partial charge on any atom is 0.252 e. The fourth-order valence-corrected chi connectivity index (χ4v) is 2.62. The highest BCUT2D eigenvalue weighted by atomic mass is 32.1. The van der Waals surface area contributed by atoms with Crippen LogP contribution >= 0.6 is 12.2 Å². The zero-order valence-corrected chi connectivity index (χ0v) is 14.3. The Hall–Kier alpha value is -2.16. The Balaban J connectivity index is 2.61. The summed E-state index contributed by atoms with van der Waals surface area (Å²) in [5.41, 5.74) is 6.63. The van der Waals surface area contributed by atoms with Crippen LogP contribution in [0.3, 0.4) is 0 Å². The molecule has 0 radical (unpaired) electrons. The monoisotopic (exact) mass is 351 g/mol. The number of nitrogens with zero attached hydrogens (tertiary/aromatic N) is 1. The summed E-state index contributed by atoms with van der Waals surface area (Å²) in [5.74, 6) is 1.12. The van der Waals surface area contributed by atoms with E-state index in [1.54, 1.807) is 25.3 Å². The van der Waals surface area contributed by atoms with Crippen LogP contribution in [-0.4, -0.2) is 41.5 Å². The molecule has 8 heteroatoms. The van der Waals surface area contributed by atoms with Crippen LogP contribution in [-0.2, 0) is 6.54 Å². The van der Waals surface area contributed by atoms with Gasteiger partial charge >= 0.3 is 0 Å². The normalized spacial score (nSPS) is 10.6. The van der Waals surface area contributed by atoms with Crippen molar-refractivity contribution in [1.29, 1.82) is 0 Å². The van der Waals surface area contributed by atoms with Gasteiger partial charge in [-0.15, -0.1) is 0 Å². The predicted octanol–water partition coefficient (Wildman–Crippen LogP) is 1.30. The highest BCUT2D eigenvalue weighted by molar-refractivity contribution is 7.71. The second-order valence-electron chi connectivity index (χ2n) is 5.05. The summed E-state index contributed by atoms with van der Waals surface area (Å²) in [4.78, 5) is 14.5. The molecule has 0 saturated carbocycles. The minimum Gasteiger partial charge on any atom is -0.497 e. The van der Waals surface area contributed by atoms with Crippen LogP contribution in [0.5, 0.6) is 11.5 Å². The molecule has 4 N–H and O–H groups in total. The number of nitrogens with one attached hydrogen (secondary N) is 1. The average Bonchev–Trinajstić information content (AvgIpc) is 2.58. The molecule has 1 aromatic carbocycles. The lowest BCUT2D eigenvalue weighted by atomic mass is 10.1. The minimum atomic E-state index is -0.289. The van der Waals surface area contributed by atoms with Gasteiger partial charge in [0.05, 0.1) is 19.4 Å². The van der Waals surface area contributed by atoms with Gasteiger partial charge in [-0.1, -0.05) is 0 Å². The van der Waals surface area contributed by atoms with Gasteiger partial charge in [0.15, 0.2) is 4.77 Å². The third-order valence-electron chi connectivity index (χ3n) is 3.43. The van der Waals surface area contributed by atoms with Gasteiger partial charge in [-0.2, -0.15) is 0 Å². The Bertz CT molecular complexity index is 801. The van der Waals surface area contributed by atoms with E-state index in [1.165, 1.54) is 6.07 Å². The van der Waals surface area contributed by atoms with Crippen LogP contribution in [0.4, 0.5) is 0 Å². The van der Waals surface area contributed by atoms with Crippen LogP contribution in [0, 0.1) is 4.77 Å². The first kappa shape index (κ1) is 18.2. The first-order valence-electron chi connectivity index (χ1n) is 7.57. The first-order valence-corrected chi connectivity index (χ1v) is 7.97. The van der Waals surface area contributed by atoms with Crippen molar-refractivity contribution in [3.05, 3.63) is 39.4 Å². The molecule has 0 aliphatic carbocycles. The van der Waals surface area contributed by atoms with Crippen molar-refractivity contribution in [2.75, 3.05) is 26.9 Å². The molecule has 0 aliphatic heterocycles. The number of aliphatic hydroxyl groups is 1. The average molecular weight is 351 g/mol. The number of benzene rings is 1. The number of aromatic nitrogens is 2. The number of aliphatic hydroxyl groups excluding tert-OH is 1. The number of methoxy groups -OCH3 is 1.